The second-order valence-corrected chi connectivity index (χ2v) is 5.32. The summed E-state index contributed by atoms with van der Waals surface area (Å²) in [6.45, 7) is 0.724. The zero-order chi connectivity index (χ0) is 13.2. The molecule has 0 N–H and O–H groups in total. The van der Waals surface area contributed by atoms with Crippen LogP contribution in [0.5, 0.6) is 0 Å². The summed E-state index contributed by atoms with van der Waals surface area (Å²) >= 11 is 0. The molecule has 98 valence electrons. The van der Waals surface area contributed by atoms with Crippen molar-refractivity contribution >= 4 is 5.91 Å². The number of hydrogen-bond donors (Lipinski definition) is 0. The quantitative estimate of drug-likeness (QED) is 0.455. The molecule has 1 aliphatic carbocycles. The minimum atomic E-state index is 0.0728. The molecule has 3 unspecified atom stereocenters. The number of rotatable bonds is 2. The summed E-state index contributed by atoms with van der Waals surface area (Å²) in [6, 6.07) is 9.70. The van der Waals surface area contributed by atoms with Crippen LogP contribution in [0.4, 0.5) is 0 Å². The third-order valence-electron chi connectivity index (χ3n) is 4.28. The van der Waals surface area contributed by atoms with E-state index < -0.39 is 0 Å². The maximum Gasteiger partial charge on any atom is 0.254 e. The summed E-state index contributed by atoms with van der Waals surface area (Å²) in [5, 5.41) is 3.88. The van der Waals surface area contributed by atoms with Gasteiger partial charge in [-0.1, -0.05) is 23.3 Å². The van der Waals surface area contributed by atoms with Gasteiger partial charge in [0.05, 0.1) is 0 Å². The predicted molar refractivity (Wildman–Crippen MR) is 71.5 cm³/mol. The van der Waals surface area contributed by atoms with E-state index in [9.17, 15) is 4.79 Å². The molecule has 1 amide bonds. The molecule has 4 rings (SSSR count). The smallest absolute Gasteiger partial charge is 0.254 e. The lowest BCUT2D eigenvalue weighted by Crippen LogP contribution is -2.55. The molecule has 0 aromatic heterocycles. The lowest BCUT2D eigenvalue weighted by molar-refractivity contribution is 0.0262. The van der Waals surface area contributed by atoms with Crippen LogP contribution in [-0.4, -0.2) is 29.4 Å². The molecule has 5 nitrogen and oxygen atoms in total. The predicted octanol–water partition coefficient (Wildman–Crippen LogP) is 2.99. The van der Waals surface area contributed by atoms with Crippen LogP contribution in [0.3, 0.4) is 0 Å². The molecule has 1 aromatic carbocycles. The minimum Gasteiger partial charge on any atom is -0.335 e. The molecular formula is C14H16N4O. The number of azide groups is 1. The van der Waals surface area contributed by atoms with Gasteiger partial charge in [-0.25, -0.2) is 0 Å². The fraction of sp³-hybridized carbons (Fsp3) is 0.500. The summed E-state index contributed by atoms with van der Waals surface area (Å²) in [5.41, 5.74) is 9.32. The number of piperidine rings is 2. The average Bonchev–Trinajstić information content (AvgIpc) is 2.48. The van der Waals surface area contributed by atoms with Crippen LogP contribution in [-0.2, 0) is 0 Å². The van der Waals surface area contributed by atoms with Crippen molar-refractivity contribution in [1.29, 1.82) is 0 Å². The Morgan fingerprint density at radius 2 is 2.11 bits per heavy atom. The fourth-order valence-electron chi connectivity index (χ4n) is 3.29. The highest BCUT2D eigenvalue weighted by Gasteiger charge is 2.41. The van der Waals surface area contributed by atoms with Crippen molar-refractivity contribution in [3.8, 4) is 0 Å². The van der Waals surface area contributed by atoms with Gasteiger partial charge in [0, 0.05) is 29.1 Å². The third-order valence-corrected chi connectivity index (χ3v) is 4.28. The lowest BCUT2D eigenvalue weighted by atomic mass is 9.76. The normalized spacial score (nSPS) is 28.8. The summed E-state index contributed by atoms with van der Waals surface area (Å²) in [7, 11) is 0. The Balaban J connectivity index is 1.78. The Morgan fingerprint density at radius 3 is 2.74 bits per heavy atom. The van der Waals surface area contributed by atoms with Crippen molar-refractivity contribution in [3.63, 3.8) is 0 Å². The highest BCUT2D eigenvalue weighted by Crippen LogP contribution is 2.37. The molecule has 3 fully saturated rings. The van der Waals surface area contributed by atoms with E-state index in [0.717, 1.165) is 31.4 Å². The van der Waals surface area contributed by atoms with Crippen LogP contribution in [0.15, 0.2) is 35.4 Å². The van der Waals surface area contributed by atoms with E-state index in [0.29, 0.717) is 5.92 Å². The van der Waals surface area contributed by atoms with Gasteiger partial charge >= 0.3 is 0 Å². The summed E-state index contributed by atoms with van der Waals surface area (Å²) in [5.74, 6) is 0.434. The van der Waals surface area contributed by atoms with Crippen LogP contribution < -0.4 is 0 Å². The number of benzene rings is 1. The zero-order valence-corrected chi connectivity index (χ0v) is 10.6. The van der Waals surface area contributed by atoms with Crippen LogP contribution in [0.2, 0.25) is 0 Å². The van der Waals surface area contributed by atoms with E-state index in [1.54, 1.807) is 0 Å². The lowest BCUT2D eigenvalue weighted by Gasteiger charge is -2.48. The first-order valence-corrected chi connectivity index (χ1v) is 6.70. The van der Waals surface area contributed by atoms with Crippen LogP contribution in [0.25, 0.3) is 10.4 Å². The van der Waals surface area contributed by atoms with E-state index in [1.807, 2.05) is 35.2 Å². The van der Waals surface area contributed by atoms with E-state index in [4.69, 9.17) is 5.53 Å². The van der Waals surface area contributed by atoms with Crippen molar-refractivity contribution in [2.24, 2.45) is 11.0 Å². The van der Waals surface area contributed by atoms with Gasteiger partial charge in [-0.05, 0) is 42.8 Å². The topological polar surface area (TPSA) is 69.1 Å². The van der Waals surface area contributed by atoms with Gasteiger partial charge < -0.3 is 4.90 Å². The molecule has 2 bridgehead atoms. The molecular weight excluding hydrogens is 240 g/mol. The SMILES string of the molecule is [N-]=[N+]=NC1CC2CCC1CN2C(=O)c1ccccc1. The third kappa shape index (κ3) is 2.17. The number of nitrogens with zero attached hydrogens (tertiary/aromatic N) is 4. The maximum atomic E-state index is 12.5. The molecule has 0 radical (unpaired) electrons. The van der Waals surface area contributed by atoms with Crippen molar-refractivity contribution in [2.45, 2.75) is 31.3 Å². The monoisotopic (exact) mass is 256 g/mol. The van der Waals surface area contributed by atoms with Crippen LogP contribution in [0, 0.1) is 5.92 Å². The Bertz CT molecular complexity index is 524. The van der Waals surface area contributed by atoms with Crippen LogP contribution in [0.1, 0.15) is 29.6 Å². The fourth-order valence-corrected chi connectivity index (χ4v) is 3.29. The Morgan fingerprint density at radius 1 is 1.32 bits per heavy atom. The van der Waals surface area contributed by atoms with Crippen molar-refractivity contribution in [2.75, 3.05) is 6.54 Å². The molecule has 3 aliphatic rings. The van der Waals surface area contributed by atoms with Gasteiger partial charge in [-0.2, -0.15) is 0 Å². The van der Waals surface area contributed by atoms with Crippen LogP contribution >= 0.6 is 0 Å². The number of fused-ring (bicyclic) bond motifs is 3. The van der Waals surface area contributed by atoms with Crippen molar-refractivity contribution < 1.29 is 4.79 Å². The van der Waals surface area contributed by atoms with Crippen molar-refractivity contribution in [1.82, 2.24) is 4.90 Å². The summed E-state index contributed by atoms with van der Waals surface area (Å²) < 4.78 is 0. The highest BCUT2D eigenvalue weighted by atomic mass is 16.2. The Kier molecular flexibility index (Phi) is 3.13. The van der Waals surface area contributed by atoms with Gasteiger partial charge in [-0.3, -0.25) is 4.79 Å². The zero-order valence-electron chi connectivity index (χ0n) is 10.6. The minimum absolute atomic E-state index is 0.0728. The second-order valence-electron chi connectivity index (χ2n) is 5.32. The molecule has 2 saturated heterocycles. The molecule has 1 saturated carbocycles. The Labute approximate surface area is 111 Å². The largest absolute Gasteiger partial charge is 0.335 e. The van der Waals surface area contributed by atoms with E-state index in [2.05, 4.69) is 10.0 Å². The molecule has 2 heterocycles. The van der Waals surface area contributed by atoms with E-state index in [-0.39, 0.29) is 18.0 Å². The standard InChI is InChI=1S/C14H16N4O/c15-17-16-13-8-12-7-6-11(13)9-18(12)14(19)10-4-2-1-3-5-10/h1-5,11-13H,6-9H2. The van der Waals surface area contributed by atoms with E-state index >= 15 is 0 Å². The first-order valence-electron chi connectivity index (χ1n) is 6.70. The molecule has 3 atom stereocenters. The molecule has 1 aromatic rings. The summed E-state index contributed by atoms with van der Waals surface area (Å²) in [6.07, 6.45) is 2.90. The van der Waals surface area contributed by atoms with Gasteiger partial charge in [0.25, 0.3) is 5.91 Å². The number of carbonyl (C=O) groups excluding carboxylic acids is 1. The first kappa shape index (κ1) is 12.1. The first-order chi connectivity index (χ1) is 9.29. The molecule has 5 heteroatoms. The van der Waals surface area contributed by atoms with Gasteiger partial charge in [0.2, 0.25) is 0 Å². The molecule has 0 spiro atoms. The van der Waals surface area contributed by atoms with Crippen molar-refractivity contribution in [3.05, 3.63) is 46.3 Å². The highest BCUT2D eigenvalue weighted by molar-refractivity contribution is 5.94. The van der Waals surface area contributed by atoms with Gasteiger partial charge in [0.1, 0.15) is 0 Å². The number of hydrogen-bond acceptors (Lipinski definition) is 2. The number of amides is 1. The molecule has 19 heavy (non-hydrogen) atoms. The van der Waals surface area contributed by atoms with Gasteiger partial charge in [-0.15, -0.1) is 0 Å². The Hall–Kier alpha value is -2.00. The summed E-state index contributed by atoms with van der Waals surface area (Å²) in [4.78, 5) is 17.4. The van der Waals surface area contributed by atoms with E-state index in [1.165, 1.54) is 0 Å². The maximum absolute atomic E-state index is 12.5. The number of carbonyl (C=O) groups is 1. The second kappa shape index (κ2) is 4.94. The van der Waals surface area contributed by atoms with Gasteiger partial charge in [0.15, 0.2) is 0 Å². The molecule has 2 aliphatic heterocycles. The average molecular weight is 256 g/mol.